The number of rotatable bonds is 2. The molecule has 0 bridgehead atoms. The average molecular weight is 255 g/mol. The molecule has 1 aromatic carbocycles. The first kappa shape index (κ1) is 9.71. The molecule has 3 heteroatoms. The van der Waals surface area contributed by atoms with Gasteiger partial charge in [-0.05, 0) is 36.0 Å². The van der Waals surface area contributed by atoms with Gasteiger partial charge in [-0.15, -0.1) is 0 Å². The maximum Gasteiger partial charge on any atom is 0.303 e. The Morgan fingerprint density at radius 1 is 1.50 bits per heavy atom. The molecule has 1 aliphatic rings. The molecule has 1 atom stereocenters. The molecule has 0 saturated heterocycles. The quantitative estimate of drug-likeness (QED) is 0.882. The van der Waals surface area contributed by atoms with Crippen LogP contribution in [0.3, 0.4) is 0 Å². The van der Waals surface area contributed by atoms with Crippen molar-refractivity contribution in [3.05, 3.63) is 33.8 Å². The molecule has 74 valence electrons. The molecular formula is C11H11BrO2. The number of fused-ring (bicyclic) bond motifs is 1. The lowest BCUT2D eigenvalue weighted by Gasteiger charge is -2.03. The first-order valence-corrected chi connectivity index (χ1v) is 5.44. The second-order valence-electron chi connectivity index (χ2n) is 3.75. The first-order valence-electron chi connectivity index (χ1n) is 4.65. The molecule has 0 fully saturated rings. The third-order valence-corrected chi connectivity index (χ3v) is 3.42. The zero-order chi connectivity index (χ0) is 10.1. The standard InChI is InChI=1S/C11H11BrO2/c12-10-3-1-2-8-4-7(5-9(8)10)6-11(13)14/h1-3,7H,4-6H2,(H,13,14)/t7-/m1/s1. The molecule has 1 aliphatic carbocycles. The van der Waals surface area contributed by atoms with E-state index in [0.29, 0.717) is 0 Å². The van der Waals surface area contributed by atoms with E-state index in [9.17, 15) is 4.79 Å². The summed E-state index contributed by atoms with van der Waals surface area (Å²) in [5, 5.41) is 8.71. The summed E-state index contributed by atoms with van der Waals surface area (Å²) < 4.78 is 1.11. The van der Waals surface area contributed by atoms with Gasteiger partial charge in [-0.25, -0.2) is 0 Å². The van der Waals surface area contributed by atoms with E-state index in [1.807, 2.05) is 12.1 Å². The fourth-order valence-electron chi connectivity index (χ4n) is 2.09. The number of carbonyl (C=O) groups is 1. The highest BCUT2D eigenvalue weighted by Gasteiger charge is 2.24. The summed E-state index contributed by atoms with van der Waals surface area (Å²) in [4.78, 5) is 10.6. The summed E-state index contributed by atoms with van der Waals surface area (Å²) in [5.41, 5.74) is 2.59. The Hall–Kier alpha value is -0.830. The number of aliphatic carboxylic acids is 1. The van der Waals surface area contributed by atoms with E-state index in [1.165, 1.54) is 11.1 Å². The van der Waals surface area contributed by atoms with Crippen LogP contribution in [-0.2, 0) is 17.6 Å². The van der Waals surface area contributed by atoms with E-state index in [1.54, 1.807) is 0 Å². The predicted molar refractivity (Wildman–Crippen MR) is 57.3 cm³/mol. The largest absolute Gasteiger partial charge is 0.481 e. The Kier molecular flexibility index (Phi) is 2.59. The molecule has 0 unspecified atom stereocenters. The second kappa shape index (κ2) is 3.73. The number of halogens is 1. The molecule has 2 rings (SSSR count). The molecule has 0 aromatic heterocycles. The number of hydrogen-bond donors (Lipinski definition) is 1. The molecule has 0 saturated carbocycles. The van der Waals surface area contributed by atoms with Gasteiger partial charge in [0.1, 0.15) is 0 Å². The fourth-order valence-corrected chi connectivity index (χ4v) is 2.66. The van der Waals surface area contributed by atoms with E-state index in [-0.39, 0.29) is 12.3 Å². The number of carboxylic acid groups (broad SMARTS) is 1. The molecule has 0 radical (unpaired) electrons. The van der Waals surface area contributed by atoms with Crippen molar-refractivity contribution in [1.29, 1.82) is 0 Å². The van der Waals surface area contributed by atoms with Gasteiger partial charge < -0.3 is 5.11 Å². The van der Waals surface area contributed by atoms with E-state index in [0.717, 1.165) is 17.3 Å². The zero-order valence-corrected chi connectivity index (χ0v) is 9.25. The molecule has 0 aliphatic heterocycles. The van der Waals surface area contributed by atoms with Crippen LogP contribution in [0.2, 0.25) is 0 Å². The van der Waals surface area contributed by atoms with Crippen LogP contribution in [0.15, 0.2) is 22.7 Å². The van der Waals surface area contributed by atoms with Crippen molar-refractivity contribution < 1.29 is 9.90 Å². The normalized spacial score (nSPS) is 19.4. The average Bonchev–Trinajstić information content (AvgIpc) is 2.47. The topological polar surface area (TPSA) is 37.3 Å². The van der Waals surface area contributed by atoms with Gasteiger partial charge in [0.05, 0.1) is 0 Å². The Balaban J connectivity index is 2.18. The van der Waals surface area contributed by atoms with Crippen molar-refractivity contribution in [2.75, 3.05) is 0 Å². The maximum absolute atomic E-state index is 10.6. The summed E-state index contributed by atoms with van der Waals surface area (Å²) >= 11 is 3.49. The fraction of sp³-hybridized carbons (Fsp3) is 0.364. The highest BCUT2D eigenvalue weighted by Crippen LogP contribution is 2.33. The van der Waals surface area contributed by atoms with Crippen molar-refractivity contribution in [3.8, 4) is 0 Å². The van der Waals surface area contributed by atoms with E-state index in [2.05, 4.69) is 22.0 Å². The van der Waals surface area contributed by atoms with Gasteiger partial charge in [0.2, 0.25) is 0 Å². The third-order valence-electron chi connectivity index (χ3n) is 2.68. The van der Waals surface area contributed by atoms with Gasteiger partial charge in [-0.2, -0.15) is 0 Å². The van der Waals surface area contributed by atoms with Gasteiger partial charge in [-0.1, -0.05) is 28.1 Å². The number of carboxylic acids is 1. The Morgan fingerprint density at radius 3 is 2.93 bits per heavy atom. The highest BCUT2D eigenvalue weighted by atomic mass is 79.9. The van der Waals surface area contributed by atoms with Crippen LogP contribution in [0, 0.1) is 5.92 Å². The third kappa shape index (κ3) is 1.82. The Bertz CT molecular complexity index is 374. The lowest BCUT2D eigenvalue weighted by Crippen LogP contribution is -2.07. The Morgan fingerprint density at radius 2 is 2.29 bits per heavy atom. The highest BCUT2D eigenvalue weighted by molar-refractivity contribution is 9.10. The monoisotopic (exact) mass is 254 g/mol. The van der Waals surface area contributed by atoms with Gasteiger partial charge in [0.25, 0.3) is 0 Å². The summed E-state index contributed by atoms with van der Waals surface area (Å²) in [7, 11) is 0. The molecule has 2 nitrogen and oxygen atoms in total. The van der Waals surface area contributed by atoms with Crippen LogP contribution in [0.25, 0.3) is 0 Å². The lowest BCUT2D eigenvalue weighted by molar-refractivity contribution is -0.138. The van der Waals surface area contributed by atoms with Crippen molar-refractivity contribution >= 4 is 21.9 Å². The Labute approximate surface area is 91.1 Å². The maximum atomic E-state index is 10.6. The van der Waals surface area contributed by atoms with E-state index < -0.39 is 5.97 Å². The summed E-state index contributed by atoms with van der Waals surface area (Å²) in [5.74, 6) is -0.417. The molecule has 1 N–H and O–H groups in total. The van der Waals surface area contributed by atoms with Crippen LogP contribution in [0.5, 0.6) is 0 Å². The van der Waals surface area contributed by atoms with Crippen molar-refractivity contribution in [1.82, 2.24) is 0 Å². The SMILES string of the molecule is O=C(O)C[C@@H]1Cc2cccc(Br)c2C1. The summed E-state index contributed by atoms with van der Waals surface area (Å²) in [6, 6.07) is 6.11. The first-order chi connectivity index (χ1) is 6.66. The molecule has 1 aromatic rings. The smallest absolute Gasteiger partial charge is 0.303 e. The van der Waals surface area contributed by atoms with E-state index >= 15 is 0 Å². The molecule has 14 heavy (non-hydrogen) atoms. The predicted octanol–water partition coefficient (Wildman–Crippen LogP) is 2.64. The van der Waals surface area contributed by atoms with Crippen LogP contribution in [0.1, 0.15) is 17.5 Å². The van der Waals surface area contributed by atoms with Crippen LogP contribution >= 0.6 is 15.9 Å². The van der Waals surface area contributed by atoms with Crippen LogP contribution in [-0.4, -0.2) is 11.1 Å². The van der Waals surface area contributed by atoms with E-state index in [4.69, 9.17) is 5.11 Å². The minimum atomic E-state index is -0.695. The van der Waals surface area contributed by atoms with Crippen LogP contribution < -0.4 is 0 Å². The van der Waals surface area contributed by atoms with Crippen LogP contribution in [0.4, 0.5) is 0 Å². The van der Waals surface area contributed by atoms with Crippen molar-refractivity contribution in [3.63, 3.8) is 0 Å². The molecule has 0 spiro atoms. The zero-order valence-electron chi connectivity index (χ0n) is 7.66. The van der Waals surface area contributed by atoms with Gasteiger partial charge >= 0.3 is 5.97 Å². The van der Waals surface area contributed by atoms with Crippen molar-refractivity contribution in [2.45, 2.75) is 19.3 Å². The molecular weight excluding hydrogens is 244 g/mol. The second-order valence-corrected chi connectivity index (χ2v) is 4.60. The minimum absolute atomic E-state index is 0.279. The van der Waals surface area contributed by atoms with Gasteiger partial charge in [0, 0.05) is 10.9 Å². The van der Waals surface area contributed by atoms with Gasteiger partial charge in [-0.3, -0.25) is 4.79 Å². The summed E-state index contributed by atoms with van der Waals surface area (Å²) in [6.45, 7) is 0. The number of benzene rings is 1. The summed E-state index contributed by atoms with van der Waals surface area (Å²) in [6.07, 6.45) is 2.07. The molecule has 0 heterocycles. The van der Waals surface area contributed by atoms with Crippen molar-refractivity contribution in [2.24, 2.45) is 5.92 Å². The molecule has 0 amide bonds. The number of hydrogen-bond acceptors (Lipinski definition) is 1. The van der Waals surface area contributed by atoms with Gasteiger partial charge in [0.15, 0.2) is 0 Å². The minimum Gasteiger partial charge on any atom is -0.481 e. The lowest BCUT2D eigenvalue weighted by atomic mass is 10.0.